The smallest absolute Gasteiger partial charge is 0.0572 e. The van der Waals surface area contributed by atoms with Gasteiger partial charge in [-0.3, -0.25) is 0 Å². The highest BCUT2D eigenvalue weighted by molar-refractivity contribution is 6.08. The summed E-state index contributed by atoms with van der Waals surface area (Å²) in [6.45, 7) is 1.88. The molecule has 1 N–H and O–H groups in total. The van der Waals surface area contributed by atoms with Gasteiger partial charge in [-0.25, -0.2) is 0 Å². The molecule has 3 heteroatoms. The lowest BCUT2D eigenvalue weighted by molar-refractivity contribution is 0.0867. The fourth-order valence-electron chi connectivity index (χ4n) is 3.12. The van der Waals surface area contributed by atoms with Crippen LogP contribution < -0.4 is 5.48 Å². The number of nitrogens with one attached hydrogen (secondary N) is 1. The number of aromatic nitrogens is 1. The molecule has 0 spiro atoms. The van der Waals surface area contributed by atoms with E-state index in [1.54, 1.807) is 7.11 Å². The summed E-state index contributed by atoms with van der Waals surface area (Å²) >= 11 is 0. The highest BCUT2D eigenvalue weighted by atomic mass is 16.6. The van der Waals surface area contributed by atoms with Crippen LogP contribution in [0, 0.1) is 5.92 Å². The van der Waals surface area contributed by atoms with E-state index < -0.39 is 0 Å². The number of rotatable bonds is 5. The van der Waals surface area contributed by atoms with Gasteiger partial charge in [-0.05, 0) is 42.5 Å². The minimum atomic E-state index is 0.731. The van der Waals surface area contributed by atoms with Gasteiger partial charge in [0.2, 0.25) is 0 Å². The lowest BCUT2D eigenvalue weighted by Gasteiger charge is -2.07. The average molecular weight is 280 g/mol. The van der Waals surface area contributed by atoms with E-state index in [1.807, 2.05) is 0 Å². The Balaban J connectivity index is 1.88. The molecule has 21 heavy (non-hydrogen) atoms. The van der Waals surface area contributed by atoms with Crippen molar-refractivity contribution >= 4 is 21.8 Å². The summed E-state index contributed by atoms with van der Waals surface area (Å²) < 4.78 is 2.50. The summed E-state index contributed by atoms with van der Waals surface area (Å²) in [6.07, 6.45) is 2.76. The molecule has 0 saturated heterocycles. The van der Waals surface area contributed by atoms with Gasteiger partial charge in [0.05, 0.1) is 7.11 Å². The molecular formula is C18H20N2O. The van der Waals surface area contributed by atoms with Crippen molar-refractivity contribution in [1.29, 1.82) is 0 Å². The Morgan fingerprint density at radius 1 is 1.10 bits per heavy atom. The van der Waals surface area contributed by atoms with E-state index in [0.29, 0.717) is 0 Å². The van der Waals surface area contributed by atoms with E-state index in [1.165, 1.54) is 40.2 Å². The van der Waals surface area contributed by atoms with E-state index in [4.69, 9.17) is 4.84 Å². The average Bonchev–Trinajstić information content (AvgIpc) is 3.29. The zero-order valence-electron chi connectivity index (χ0n) is 12.3. The third kappa shape index (κ3) is 2.33. The maximum atomic E-state index is 4.96. The van der Waals surface area contributed by atoms with E-state index in [9.17, 15) is 0 Å². The van der Waals surface area contributed by atoms with Gasteiger partial charge in [0.15, 0.2) is 0 Å². The summed E-state index contributed by atoms with van der Waals surface area (Å²) in [6, 6.07) is 15.5. The van der Waals surface area contributed by atoms with E-state index in [2.05, 4.69) is 52.5 Å². The van der Waals surface area contributed by atoms with Crippen molar-refractivity contribution in [3.63, 3.8) is 0 Å². The number of nitrogens with zero attached hydrogens (tertiary/aromatic N) is 1. The Bertz CT molecular complexity index is 786. The molecule has 0 amide bonds. The van der Waals surface area contributed by atoms with E-state index in [-0.39, 0.29) is 0 Å². The number of para-hydroxylation sites is 1. The molecule has 2 aromatic carbocycles. The fourth-order valence-corrected chi connectivity index (χ4v) is 3.12. The zero-order chi connectivity index (χ0) is 14.2. The van der Waals surface area contributed by atoms with Crippen LogP contribution >= 0.6 is 0 Å². The molecular weight excluding hydrogens is 260 g/mol. The van der Waals surface area contributed by atoms with Gasteiger partial charge in [-0.1, -0.05) is 24.3 Å². The normalized spacial score (nSPS) is 15.1. The summed E-state index contributed by atoms with van der Waals surface area (Å²) in [4.78, 5) is 4.96. The van der Waals surface area contributed by atoms with Crippen LogP contribution in [0.1, 0.15) is 18.4 Å². The maximum absolute atomic E-state index is 4.96. The van der Waals surface area contributed by atoms with Crippen LogP contribution in [0.5, 0.6) is 0 Å². The molecule has 1 fully saturated rings. The van der Waals surface area contributed by atoms with Crippen molar-refractivity contribution < 1.29 is 4.84 Å². The first-order valence-corrected chi connectivity index (χ1v) is 7.62. The molecule has 3 aromatic rings. The van der Waals surface area contributed by atoms with Gasteiger partial charge in [0, 0.05) is 34.9 Å². The third-order valence-corrected chi connectivity index (χ3v) is 4.40. The second kappa shape index (κ2) is 5.17. The molecule has 0 unspecified atom stereocenters. The van der Waals surface area contributed by atoms with Crippen LogP contribution in [-0.4, -0.2) is 11.7 Å². The Hall–Kier alpha value is -1.84. The second-order valence-corrected chi connectivity index (χ2v) is 5.95. The minimum Gasteiger partial charge on any atom is -0.340 e. The summed E-state index contributed by atoms with van der Waals surface area (Å²) in [7, 11) is 1.65. The molecule has 1 aliphatic rings. The SMILES string of the molecule is CONCc1ccc2c(c1)c1ccccc1n2CC1CC1. The van der Waals surface area contributed by atoms with Crippen LogP contribution in [0.2, 0.25) is 0 Å². The molecule has 4 rings (SSSR count). The van der Waals surface area contributed by atoms with Gasteiger partial charge >= 0.3 is 0 Å². The molecule has 1 heterocycles. The molecule has 0 bridgehead atoms. The highest BCUT2D eigenvalue weighted by Gasteiger charge is 2.23. The minimum absolute atomic E-state index is 0.731. The van der Waals surface area contributed by atoms with Crippen molar-refractivity contribution in [2.75, 3.05) is 7.11 Å². The summed E-state index contributed by atoms with van der Waals surface area (Å²) in [5.41, 5.74) is 6.88. The summed E-state index contributed by atoms with van der Waals surface area (Å²) in [5, 5.41) is 2.70. The predicted molar refractivity (Wildman–Crippen MR) is 86.0 cm³/mol. The molecule has 1 aromatic heterocycles. The fraction of sp³-hybridized carbons (Fsp3) is 0.333. The Labute approximate surface area is 124 Å². The Morgan fingerprint density at radius 2 is 1.90 bits per heavy atom. The largest absolute Gasteiger partial charge is 0.340 e. The van der Waals surface area contributed by atoms with Gasteiger partial charge < -0.3 is 9.40 Å². The monoisotopic (exact) mass is 280 g/mol. The molecule has 0 atom stereocenters. The van der Waals surface area contributed by atoms with Crippen molar-refractivity contribution in [2.24, 2.45) is 5.92 Å². The topological polar surface area (TPSA) is 26.2 Å². The van der Waals surface area contributed by atoms with Gasteiger partial charge in [-0.15, -0.1) is 0 Å². The number of fused-ring (bicyclic) bond motifs is 3. The number of hydrogen-bond acceptors (Lipinski definition) is 2. The number of hydroxylamine groups is 1. The lowest BCUT2D eigenvalue weighted by Crippen LogP contribution is -2.10. The Morgan fingerprint density at radius 3 is 2.71 bits per heavy atom. The van der Waals surface area contributed by atoms with Crippen LogP contribution in [0.15, 0.2) is 42.5 Å². The van der Waals surface area contributed by atoms with Crippen molar-refractivity contribution in [1.82, 2.24) is 10.0 Å². The lowest BCUT2D eigenvalue weighted by atomic mass is 10.1. The van der Waals surface area contributed by atoms with Gasteiger partial charge in [0.1, 0.15) is 0 Å². The number of hydrogen-bond donors (Lipinski definition) is 1. The van der Waals surface area contributed by atoms with Crippen LogP contribution in [0.4, 0.5) is 0 Å². The van der Waals surface area contributed by atoms with Crippen LogP contribution in [-0.2, 0) is 17.9 Å². The Kier molecular flexibility index (Phi) is 3.17. The highest BCUT2D eigenvalue weighted by Crippen LogP contribution is 2.36. The number of benzene rings is 2. The third-order valence-electron chi connectivity index (χ3n) is 4.40. The molecule has 108 valence electrons. The van der Waals surface area contributed by atoms with Crippen LogP contribution in [0.3, 0.4) is 0 Å². The first kappa shape index (κ1) is 12.9. The van der Waals surface area contributed by atoms with Crippen molar-refractivity contribution in [3.8, 4) is 0 Å². The molecule has 1 aliphatic carbocycles. The van der Waals surface area contributed by atoms with Crippen molar-refractivity contribution in [2.45, 2.75) is 25.9 Å². The molecule has 1 saturated carbocycles. The van der Waals surface area contributed by atoms with Crippen LogP contribution in [0.25, 0.3) is 21.8 Å². The first-order chi connectivity index (χ1) is 10.4. The first-order valence-electron chi connectivity index (χ1n) is 7.62. The maximum Gasteiger partial charge on any atom is 0.0572 e. The zero-order valence-corrected chi connectivity index (χ0v) is 12.3. The van der Waals surface area contributed by atoms with Crippen molar-refractivity contribution in [3.05, 3.63) is 48.0 Å². The van der Waals surface area contributed by atoms with Gasteiger partial charge in [-0.2, -0.15) is 5.48 Å². The standard InChI is InChI=1S/C18H20N2O/c1-21-19-11-14-8-9-18-16(10-14)15-4-2-3-5-17(15)20(18)12-13-6-7-13/h2-5,8-10,13,19H,6-7,11-12H2,1H3. The van der Waals surface area contributed by atoms with E-state index in [0.717, 1.165) is 19.0 Å². The molecule has 0 aliphatic heterocycles. The van der Waals surface area contributed by atoms with Gasteiger partial charge in [0.25, 0.3) is 0 Å². The molecule has 0 radical (unpaired) electrons. The predicted octanol–water partition coefficient (Wildman–Crippen LogP) is 3.86. The van der Waals surface area contributed by atoms with E-state index >= 15 is 0 Å². The quantitative estimate of drug-likeness (QED) is 0.718. The second-order valence-electron chi connectivity index (χ2n) is 5.95. The summed E-state index contributed by atoms with van der Waals surface area (Å²) in [5.74, 6) is 0.874. The molecule has 3 nitrogen and oxygen atoms in total.